The Kier molecular flexibility index (Phi) is 4.63. The summed E-state index contributed by atoms with van der Waals surface area (Å²) < 4.78 is 5.60. The third kappa shape index (κ3) is 4.13. The molecule has 0 aliphatic rings. The van der Waals surface area contributed by atoms with E-state index in [1.54, 1.807) is 6.20 Å². The number of aromatic nitrogens is 1. The van der Waals surface area contributed by atoms with Crippen molar-refractivity contribution in [1.29, 1.82) is 0 Å². The molecule has 0 spiro atoms. The first-order valence-corrected chi connectivity index (χ1v) is 7.07. The van der Waals surface area contributed by atoms with E-state index in [1.165, 1.54) is 11.8 Å². The van der Waals surface area contributed by atoms with Crippen LogP contribution < -0.4 is 5.32 Å². The predicted octanol–water partition coefficient (Wildman–Crippen LogP) is 2.96. The summed E-state index contributed by atoms with van der Waals surface area (Å²) in [6.45, 7) is 3.86. The molecule has 2 aromatic rings. The van der Waals surface area contributed by atoms with Crippen molar-refractivity contribution in [2.24, 2.45) is 0 Å². The summed E-state index contributed by atoms with van der Waals surface area (Å²) in [4.78, 5) is 15.7. The van der Waals surface area contributed by atoms with Crippen LogP contribution in [0.4, 0.5) is 0 Å². The topological polar surface area (TPSA) is 55.1 Å². The number of amides is 1. The summed E-state index contributed by atoms with van der Waals surface area (Å²) in [5, 5.41) is 3.33. The van der Waals surface area contributed by atoms with Crippen molar-refractivity contribution < 1.29 is 9.21 Å². The second-order valence-electron chi connectivity index (χ2n) is 4.37. The van der Waals surface area contributed by atoms with Crippen LogP contribution in [0.1, 0.15) is 13.8 Å². The third-order valence-corrected chi connectivity index (χ3v) is 3.16. The molecule has 5 heteroatoms. The lowest BCUT2D eigenvalue weighted by atomic mass is 10.2. The van der Waals surface area contributed by atoms with Gasteiger partial charge in [0, 0.05) is 11.6 Å². The first-order chi connectivity index (χ1) is 9.15. The van der Waals surface area contributed by atoms with Crippen LogP contribution in [-0.2, 0) is 4.79 Å². The number of benzene rings is 1. The minimum atomic E-state index is -0.0144. The van der Waals surface area contributed by atoms with Crippen molar-refractivity contribution >= 4 is 17.7 Å². The van der Waals surface area contributed by atoms with Crippen LogP contribution in [0.25, 0.3) is 11.3 Å². The van der Waals surface area contributed by atoms with E-state index < -0.39 is 0 Å². The quantitative estimate of drug-likeness (QED) is 0.853. The summed E-state index contributed by atoms with van der Waals surface area (Å²) in [7, 11) is 0. The Morgan fingerprint density at radius 2 is 2.11 bits per heavy atom. The molecule has 1 aromatic carbocycles. The van der Waals surface area contributed by atoms with Gasteiger partial charge in [-0.3, -0.25) is 4.79 Å². The normalized spacial score (nSPS) is 10.7. The van der Waals surface area contributed by atoms with E-state index in [0.29, 0.717) is 16.7 Å². The van der Waals surface area contributed by atoms with Gasteiger partial charge in [0.15, 0.2) is 5.76 Å². The average molecular weight is 276 g/mol. The molecule has 0 saturated carbocycles. The Labute approximate surface area is 116 Å². The van der Waals surface area contributed by atoms with Gasteiger partial charge in [0.05, 0.1) is 11.9 Å². The fourth-order valence-electron chi connectivity index (χ4n) is 1.55. The number of nitrogens with one attached hydrogen (secondary N) is 1. The minimum Gasteiger partial charge on any atom is -0.431 e. The van der Waals surface area contributed by atoms with Gasteiger partial charge in [-0.05, 0) is 13.8 Å². The largest absolute Gasteiger partial charge is 0.431 e. The molecule has 0 bridgehead atoms. The molecule has 2 rings (SSSR count). The van der Waals surface area contributed by atoms with Gasteiger partial charge in [-0.15, -0.1) is 0 Å². The third-order valence-electron chi connectivity index (χ3n) is 2.32. The molecule has 1 N–H and O–H groups in total. The van der Waals surface area contributed by atoms with E-state index >= 15 is 0 Å². The van der Waals surface area contributed by atoms with Crippen LogP contribution in [0.2, 0.25) is 0 Å². The van der Waals surface area contributed by atoms with Crippen molar-refractivity contribution in [3.63, 3.8) is 0 Å². The molecule has 0 fully saturated rings. The lowest BCUT2D eigenvalue weighted by Gasteiger charge is -2.06. The molecule has 0 unspecified atom stereocenters. The van der Waals surface area contributed by atoms with Crippen molar-refractivity contribution in [2.45, 2.75) is 25.1 Å². The summed E-state index contributed by atoms with van der Waals surface area (Å²) in [6, 6.07) is 9.91. The highest BCUT2D eigenvalue weighted by Crippen LogP contribution is 2.24. The Morgan fingerprint density at radius 1 is 1.37 bits per heavy atom. The molecule has 0 saturated heterocycles. The number of rotatable bonds is 5. The first kappa shape index (κ1) is 13.7. The number of carbonyl (C=O) groups excluding carboxylic acids is 1. The summed E-state index contributed by atoms with van der Waals surface area (Å²) in [5.41, 5.74) is 0.980. The highest BCUT2D eigenvalue weighted by atomic mass is 32.2. The van der Waals surface area contributed by atoms with E-state index in [2.05, 4.69) is 10.3 Å². The molecule has 100 valence electrons. The molecule has 19 heavy (non-hydrogen) atoms. The average Bonchev–Trinajstić information content (AvgIpc) is 2.85. The van der Waals surface area contributed by atoms with E-state index in [9.17, 15) is 4.79 Å². The molecule has 0 radical (unpaired) electrons. The van der Waals surface area contributed by atoms with Crippen molar-refractivity contribution in [3.05, 3.63) is 36.5 Å². The Morgan fingerprint density at radius 3 is 2.79 bits per heavy atom. The molecular formula is C14H16N2O2S. The number of carbonyl (C=O) groups is 1. The van der Waals surface area contributed by atoms with Crippen LogP contribution in [0.3, 0.4) is 0 Å². The van der Waals surface area contributed by atoms with Crippen LogP contribution in [-0.4, -0.2) is 22.7 Å². The van der Waals surface area contributed by atoms with Crippen molar-refractivity contribution in [2.75, 3.05) is 5.75 Å². The first-order valence-electron chi connectivity index (χ1n) is 6.08. The highest BCUT2D eigenvalue weighted by Gasteiger charge is 2.09. The zero-order valence-corrected chi connectivity index (χ0v) is 11.7. The molecule has 1 heterocycles. The number of oxazole rings is 1. The SMILES string of the molecule is CC(C)NC(=O)CSc1ncc(-c2ccccc2)o1. The fraction of sp³-hybridized carbons (Fsp3) is 0.286. The minimum absolute atomic E-state index is 0.0144. The standard InChI is InChI=1S/C14H16N2O2S/c1-10(2)16-13(17)9-19-14-15-8-12(18-14)11-6-4-3-5-7-11/h3-8,10H,9H2,1-2H3,(H,16,17). The second-order valence-corrected chi connectivity index (χ2v) is 5.29. The van der Waals surface area contributed by atoms with Crippen molar-refractivity contribution in [1.82, 2.24) is 10.3 Å². The maximum Gasteiger partial charge on any atom is 0.256 e. The molecule has 0 atom stereocenters. The maximum absolute atomic E-state index is 11.5. The van der Waals surface area contributed by atoms with Gasteiger partial charge in [0.1, 0.15) is 0 Å². The van der Waals surface area contributed by atoms with Gasteiger partial charge in [-0.2, -0.15) is 0 Å². The highest BCUT2D eigenvalue weighted by molar-refractivity contribution is 7.99. The Hall–Kier alpha value is -1.75. The zero-order chi connectivity index (χ0) is 13.7. The van der Waals surface area contributed by atoms with E-state index in [-0.39, 0.29) is 11.9 Å². The van der Waals surface area contributed by atoms with Crippen molar-refractivity contribution in [3.8, 4) is 11.3 Å². The number of thioether (sulfide) groups is 1. The summed E-state index contributed by atoms with van der Waals surface area (Å²) >= 11 is 1.30. The Bertz CT molecular complexity index is 537. The second kappa shape index (κ2) is 6.43. The molecule has 4 nitrogen and oxygen atoms in total. The van der Waals surface area contributed by atoms with E-state index in [1.807, 2.05) is 44.2 Å². The monoisotopic (exact) mass is 276 g/mol. The zero-order valence-electron chi connectivity index (χ0n) is 10.9. The van der Waals surface area contributed by atoms with E-state index in [0.717, 1.165) is 5.56 Å². The number of hydrogen-bond donors (Lipinski definition) is 1. The molecule has 0 aliphatic carbocycles. The predicted molar refractivity (Wildman–Crippen MR) is 75.9 cm³/mol. The van der Waals surface area contributed by atoms with Gasteiger partial charge < -0.3 is 9.73 Å². The van der Waals surface area contributed by atoms with Crippen LogP contribution in [0.15, 0.2) is 46.2 Å². The molecule has 1 aromatic heterocycles. The van der Waals surface area contributed by atoms with Gasteiger partial charge in [-0.1, -0.05) is 42.1 Å². The van der Waals surface area contributed by atoms with Gasteiger partial charge in [0.25, 0.3) is 5.22 Å². The molecule has 0 aliphatic heterocycles. The maximum atomic E-state index is 11.5. The lowest BCUT2D eigenvalue weighted by molar-refractivity contribution is -0.119. The van der Waals surface area contributed by atoms with E-state index in [4.69, 9.17) is 4.42 Å². The molecule has 1 amide bonds. The van der Waals surface area contributed by atoms with Gasteiger partial charge in [0.2, 0.25) is 5.91 Å². The fourth-order valence-corrected chi connectivity index (χ4v) is 2.17. The smallest absolute Gasteiger partial charge is 0.256 e. The van der Waals surface area contributed by atoms with Gasteiger partial charge in [-0.25, -0.2) is 4.98 Å². The van der Waals surface area contributed by atoms with Crippen LogP contribution in [0.5, 0.6) is 0 Å². The summed E-state index contributed by atoms with van der Waals surface area (Å²) in [5.74, 6) is 1.01. The number of hydrogen-bond acceptors (Lipinski definition) is 4. The Balaban J connectivity index is 1.93. The number of nitrogens with zero attached hydrogens (tertiary/aromatic N) is 1. The molecular weight excluding hydrogens is 260 g/mol. The van der Waals surface area contributed by atoms with Crippen LogP contribution in [0, 0.1) is 0 Å². The van der Waals surface area contributed by atoms with Crippen LogP contribution >= 0.6 is 11.8 Å². The van der Waals surface area contributed by atoms with Gasteiger partial charge >= 0.3 is 0 Å². The summed E-state index contributed by atoms with van der Waals surface area (Å²) in [6.07, 6.45) is 1.68. The lowest BCUT2D eigenvalue weighted by Crippen LogP contribution is -2.31.